The number of allylic oxidation sites excluding steroid dienone is 2. The number of benzene rings is 2. The van der Waals surface area contributed by atoms with Gasteiger partial charge in [0.05, 0.1) is 11.5 Å². The van der Waals surface area contributed by atoms with Gasteiger partial charge in [-0.15, -0.1) is 0 Å². The molecule has 246 valence electrons. The Kier molecular flexibility index (Phi) is 13.5. The van der Waals surface area contributed by atoms with Gasteiger partial charge in [0.15, 0.2) is 0 Å². The molecule has 4 N–H and O–H groups in total. The van der Waals surface area contributed by atoms with Crippen molar-refractivity contribution in [2.75, 3.05) is 19.6 Å². The molecule has 0 radical (unpaired) electrons. The van der Waals surface area contributed by atoms with Gasteiger partial charge in [-0.25, -0.2) is 8.78 Å². The molecule has 1 aliphatic rings. The predicted octanol–water partition coefficient (Wildman–Crippen LogP) is 6.26. The lowest BCUT2D eigenvalue weighted by molar-refractivity contribution is -0.132. The monoisotopic (exact) mass is 623 g/mol. The Morgan fingerprint density at radius 3 is 2.27 bits per heavy atom. The summed E-state index contributed by atoms with van der Waals surface area (Å²) < 4.78 is 28.6. The predicted molar refractivity (Wildman–Crippen MR) is 176 cm³/mol. The lowest BCUT2D eigenvalue weighted by Crippen LogP contribution is -2.51. The van der Waals surface area contributed by atoms with Crippen LogP contribution in [0.5, 0.6) is 0 Å². The molecule has 2 aromatic rings. The number of nitrogens with one attached hydrogen (secondary N) is 1. The Morgan fingerprint density at radius 1 is 1.02 bits per heavy atom. The van der Waals surface area contributed by atoms with E-state index in [9.17, 15) is 23.5 Å². The van der Waals surface area contributed by atoms with Crippen LogP contribution in [-0.2, 0) is 29.0 Å². The van der Waals surface area contributed by atoms with Crippen molar-refractivity contribution >= 4 is 11.8 Å². The summed E-state index contributed by atoms with van der Waals surface area (Å²) in [5, 5.41) is 15.1. The minimum atomic E-state index is -1.46. The standard InChI is InChI=1S/C37H51F2N3O3/c1-6-13-42(14-7-2)35(44)30-15-26(5)21-37(22-30,36(40)45)33(19-29-17-31(38)20-32(39)18-29)34(43)24-41-23-28-10-8-9-27(16-28)12-11-25(3)4/h8-10,15-18,20-21,25,33-34,41,43H,6-7,11-14,19,22-24H2,1-5H3,(H2,40,45)/t33-,34+,37?/m1/s1. The first-order valence-corrected chi connectivity index (χ1v) is 16.3. The molecule has 6 nitrogen and oxygen atoms in total. The molecular weight excluding hydrogens is 572 g/mol. The van der Waals surface area contributed by atoms with E-state index in [1.807, 2.05) is 26.0 Å². The van der Waals surface area contributed by atoms with Crippen molar-refractivity contribution in [3.63, 3.8) is 0 Å². The van der Waals surface area contributed by atoms with Crippen molar-refractivity contribution in [1.29, 1.82) is 0 Å². The molecule has 8 heteroatoms. The summed E-state index contributed by atoms with van der Waals surface area (Å²) in [6, 6.07) is 11.5. The molecule has 0 aliphatic heterocycles. The fraction of sp³-hybridized carbons (Fsp3) is 0.514. The van der Waals surface area contributed by atoms with Crippen molar-refractivity contribution < 1.29 is 23.5 Å². The summed E-state index contributed by atoms with van der Waals surface area (Å²) in [6.45, 7) is 11.9. The van der Waals surface area contributed by atoms with Gasteiger partial charge in [0, 0.05) is 43.7 Å². The molecule has 0 spiro atoms. The smallest absolute Gasteiger partial charge is 0.249 e. The Morgan fingerprint density at radius 2 is 1.67 bits per heavy atom. The molecule has 1 unspecified atom stereocenters. The first kappa shape index (κ1) is 36.1. The largest absolute Gasteiger partial charge is 0.391 e. The molecule has 45 heavy (non-hydrogen) atoms. The van der Waals surface area contributed by atoms with E-state index in [0.717, 1.165) is 37.3 Å². The normalized spacial score (nSPS) is 17.9. The maximum atomic E-state index is 14.3. The van der Waals surface area contributed by atoms with Gasteiger partial charge in [0.1, 0.15) is 11.6 Å². The van der Waals surface area contributed by atoms with Crippen LogP contribution >= 0.6 is 0 Å². The van der Waals surface area contributed by atoms with Crippen LogP contribution < -0.4 is 11.1 Å². The number of carbonyl (C=O) groups excluding carboxylic acids is 2. The van der Waals surface area contributed by atoms with Crippen molar-refractivity contribution in [1.82, 2.24) is 10.2 Å². The molecule has 0 aromatic heterocycles. The third kappa shape index (κ3) is 10.1. The molecule has 3 rings (SSSR count). The molecule has 0 fully saturated rings. The highest BCUT2D eigenvalue weighted by Crippen LogP contribution is 2.44. The van der Waals surface area contributed by atoms with Crippen LogP contribution in [0, 0.1) is 28.9 Å². The molecule has 0 saturated heterocycles. The third-order valence-electron chi connectivity index (χ3n) is 8.57. The number of nitrogens with zero attached hydrogens (tertiary/aromatic N) is 1. The second-order valence-corrected chi connectivity index (χ2v) is 13.0. The molecule has 2 aromatic carbocycles. The SMILES string of the molecule is CCCN(CCC)C(=O)C1=CC(C)=CC(C(N)=O)([C@H](Cc2cc(F)cc(F)c2)[C@@H](O)CNCc2cccc(CCC(C)C)c2)C1. The highest BCUT2D eigenvalue weighted by molar-refractivity contribution is 5.97. The number of rotatable bonds is 17. The van der Waals surface area contributed by atoms with Crippen LogP contribution in [0.3, 0.4) is 0 Å². The van der Waals surface area contributed by atoms with Crippen LogP contribution in [0.1, 0.15) is 77.0 Å². The number of carbonyl (C=O) groups is 2. The zero-order valence-electron chi connectivity index (χ0n) is 27.5. The number of aliphatic hydroxyl groups is 1. The quantitative estimate of drug-likeness (QED) is 0.194. The van der Waals surface area contributed by atoms with E-state index in [-0.39, 0.29) is 25.3 Å². The van der Waals surface area contributed by atoms with E-state index in [2.05, 4.69) is 31.3 Å². The van der Waals surface area contributed by atoms with E-state index < -0.39 is 35.0 Å². The Labute approximate surface area is 267 Å². The number of hydrogen-bond donors (Lipinski definition) is 3. The number of hydrogen-bond acceptors (Lipinski definition) is 4. The van der Waals surface area contributed by atoms with Gasteiger partial charge in [-0.1, -0.05) is 69.7 Å². The summed E-state index contributed by atoms with van der Waals surface area (Å²) in [5.41, 5.74) is 8.39. The molecule has 0 bridgehead atoms. The van der Waals surface area contributed by atoms with E-state index in [4.69, 9.17) is 5.73 Å². The average Bonchev–Trinajstić information content (AvgIpc) is 2.97. The second-order valence-electron chi connectivity index (χ2n) is 13.0. The fourth-order valence-corrected chi connectivity index (χ4v) is 6.42. The van der Waals surface area contributed by atoms with E-state index in [1.54, 1.807) is 24.0 Å². The Hall–Kier alpha value is -3.36. The maximum Gasteiger partial charge on any atom is 0.249 e. The van der Waals surface area contributed by atoms with Gasteiger partial charge in [-0.2, -0.15) is 0 Å². The lowest BCUT2D eigenvalue weighted by Gasteiger charge is -2.42. The van der Waals surface area contributed by atoms with Gasteiger partial charge in [0.2, 0.25) is 11.8 Å². The van der Waals surface area contributed by atoms with Crippen molar-refractivity contribution in [3.8, 4) is 0 Å². The second kappa shape index (κ2) is 16.8. The summed E-state index contributed by atoms with van der Waals surface area (Å²) in [6.07, 6.45) is 5.97. The number of amides is 2. The summed E-state index contributed by atoms with van der Waals surface area (Å²) in [7, 11) is 0. The number of halogens is 2. The zero-order valence-corrected chi connectivity index (χ0v) is 27.5. The van der Waals surface area contributed by atoms with Gasteiger partial charge < -0.3 is 21.1 Å². The summed E-state index contributed by atoms with van der Waals surface area (Å²) in [5.74, 6) is -2.63. The number of nitrogens with two attached hydrogens (primary N) is 1. The topological polar surface area (TPSA) is 95.7 Å². The van der Waals surface area contributed by atoms with Gasteiger partial charge >= 0.3 is 0 Å². The van der Waals surface area contributed by atoms with Crippen LogP contribution in [0.4, 0.5) is 8.78 Å². The first-order chi connectivity index (χ1) is 21.4. The highest BCUT2D eigenvalue weighted by atomic mass is 19.1. The first-order valence-electron chi connectivity index (χ1n) is 16.3. The van der Waals surface area contributed by atoms with Gasteiger partial charge in [0.25, 0.3) is 0 Å². The van der Waals surface area contributed by atoms with E-state index >= 15 is 0 Å². The van der Waals surface area contributed by atoms with Crippen molar-refractivity contribution in [2.24, 2.45) is 23.0 Å². The average molecular weight is 624 g/mol. The number of aryl methyl sites for hydroxylation is 1. The van der Waals surface area contributed by atoms with E-state index in [1.165, 1.54) is 17.7 Å². The van der Waals surface area contributed by atoms with Crippen molar-refractivity contribution in [3.05, 3.63) is 94.1 Å². The highest BCUT2D eigenvalue weighted by Gasteiger charge is 2.48. The maximum absolute atomic E-state index is 14.3. The minimum Gasteiger partial charge on any atom is -0.391 e. The van der Waals surface area contributed by atoms with Crippen LogP contribution in [0.15, 0.2) is 65.8 Å². The molecule has 0 saturated carbocycles. The lowest BCUT2D eigenvalue weighted by atomic mass is 9.63. The fourth-order valence-electron chi connectivity index (χ4n) is 6.42. The summed E-state index contributed by atoms with van der Waals surface area (Å²) >= 11 is 0. The minimum absolute atomic E-state index is 0.0140. The number of aliphatic hydroxyl groups excluding tert-OH is 1. The Balaban J connectivity index is 1.93. The van der Waals surface area contributed by atoms with E-state index in [0.29, 0.717) is 42.3 Å². The molecule has 0 heterocycles. The Bertz CT molecular complexity index is 1350. The molecule has 3 atom stereocenters. The molecule has 2 amide bonds. The molecular formula is C37H51F2N3O3. The third-order valence-corrected chi connectivity index (χ3v) is 8.57. The van der Waals surface area contributed by atoms with Crippen LogP contribution in [-0.4, -0.2) is 47.6 Å². The number of primary amides is 1. The van der Waals surface area contributed by atoms with Gasteiger partial charge in [-0.3, -0.25) is 9.59 Å². The van der Waals surface area contributed by atoms with Crippen LogP contribution in [0.25, 0.3) is 0 Å². The van der Waals surface area contributed by atoms with Crippen molar-refractivity contribution in [2.45, 2.75) is 85.8 Å². The van der Waals surface area contributed by atoms with Gasteiger partial charge in [-0.05, 0) is 80.2 Å². The molecule has 1 aliphatic carbocycles. The zero-order chi connectivity index (χ0) is 33.1. The van der Waals surface area contributed by atoms with Crippen LogP contribution in [0.2, 0.25) is 0 Å². The summed E-state index contributed by atoms with van der Waals surface area (Å²) in [4.78, 5) is 29.0.